The van der Waals surface area contributed by atoms with E-state index in [1.165, 1.54) is 18.9 Å². The second-order valence-electron chi connectivity index (χ2n) is 7.89. The Hall–Kier alpha value is -4.22. The Labute approximate surface area is 209 Å². The Bertz CT molecular complexity index is 1350. The Balaban J connectivity index is 1.98. The molecule has 0 aliphatic carbocycles. The molecule has 0 saturated carbocycles. The molecular weight excluding hydrogens is 496 g/mol. The molecule has 0 aliphatic heterocycles. The van der Waals surface area contributed by atoms with Crippen LogP contribution in [0.2, 0.25) is 0 Å². The van der Waals surface area contributed by atoms with E-state index in [0.29, 0.717) is 28.7 Å². The molecule has 12 heteroatoms. The summed E-state index contributed by atoms with van der Waals surface area (Å²) in [7, 11) is 1.53. The number of fused-ring (bicyclic) bond motifs is 1. The first-order valence-corrected chi connectivity index (χ1v) is 11.2. The fourth-order valence-corrected chi connectivity index (χ4v) is 3.71. The molecule has 0 bridgehead atoms. The van der Waals surface area contributed by atoms with Gasteiger partial charge in [-0.1, -0.05) is 12.1 Å². The second kappa shape index (κ2) is 11.2. The van der Waals surface area contributed by atoms with Gasteiger partial charge < -0.3 is 14.2 Å². The lowest BCUT2D eigenvalue weighted by molar-refractivity contribution is -0.146. The van der Waals surface area contributed by atoms with Crippen molar-refractivity contribution in [2.75, 3.05) is 18.6 Å². The standard InChI is InChI=1S/C25H24F4N4O4/c1-4-32-14-30-20-11-17(9-10-21(20)32)31(3)13-18(24(36)37-5-2)23(35)33(15-34)12-16-7-6-8-19(26)22(16)25(27,28)29/h6-11,13-15H,4-5,12H2,1-3H3/b18-13+. The smallest absolute Gasteiger partial charge is 0.419 e. The van der Waals surface area contributed by atoms with Crippen molar-refractivity contribution in [1.29, 1.82) is 0 Å². The lowest BCUT2D eigenvalue weighted by Gasteiger charge is -2.21. The number of anilines is 1. The molecule has 0 spiro atoms. The zero-order valence-corrected chi connectivity index (χ0v) is 20.3. The predicted molar refractivity (Wildman–Crippen MR) is 127 cm³/mol. The van der Waals surface area contributed by atoms with Gasteiger partial charge in [-0.3, -0.25) is 14.5 Å². The molecule has 0 aliphatic rings. The topological polar surface area (TPSA) is 84.7 Å². The number of halogens is 4. The van der Waals surface area contributed by atoms with Crippen molar-refractivity contribution in [2.24, 2.45) is 0 Å². The molecule has 0 saturated heterocycles. The van der Waals surface area contributed by atoms with Crippen molar-refractivity contribution in [3.05, 3.63) is 71.4 Å². The maximum atomic E-state index is 14.0. The fourth-order valence-electron chi connectivity index (χ4n) is 3.71. The molecule has 0 atom stereocenters. The number of amides is 2. The van der Waals surface area contributed by atoms with Crippen molar-refractivity contribution in [1.82, 2.24) is 14.5 Å². The van der Waals surface area contributed by atoms with Gasteiger partial charge in [-0.25, -0.2) is 14.2 Å². The monoisotopic (exact) mass is 520 g/mol. The highest BCUT2D eigenvalue weighted by molar-refractivity contribution is 6.18. The summed E-state index contributed by atoms with van der Waals surface area (Å²) in [4.78, 5) is 43.6. The molecule has 0 radical (unpaired) electrons. The SMILES string of the molecule is CCOC(=O)/C(=C/N(C)c1ccc2c(c1)ncn2CC)C(=O)N(C=O)Cc1cccc(F)c1C(F)(F)F. The average molecular weight is 520 g/mol. The van der Waals surface area contributed by atoms with Crippen LogP contribution in [0, 0.1) is 5.82 Å². The van der Waals surface area contributed by atoms with E-state index >= 15 is 0 Å². The molecule has 2 aromatic carbocycles. The number of rotatable bonds is 9. The van der Waals surface area contributed by atoms with Crippen molar-refractivity contribution < 1.29 is 36.7 Å². The third-order valence-electron chi connectivity index (χ3n) is 5.51. The molecule has 1 aromatic heterocycles. The Morgan fingerprint density at radius 1 is 1.16 bits per heavy atom. The van der Waals surface area contributed by atoms with Crippen LogP contribution in [0.5, 0.6) is 0 Å². The first-order chi connectivity index (χ1) is 17.5. The number of hydrogen-bond donors (Lipinski definition) is 0. The van der Waals surface area contributed by atoms with E-state index in [-0.39, 0.29) is 13.0 Å². The number of alkyl halides is 3. The molecule has 37 heavy (non-hydrogen) atoms. The molecular formula is C25H24F4N4O4. The van der Waals surface area contributed by atoms with Gasteiger partial charge in [0.25, 0.3) is 5.91 Å². The minimum absolute atomic E-state index is 0.0239. The van der Waals surface area contributed by atoms with E-state index in [1.807, 2.05) is 11.5 Å². The first kappa shape index (κ1) is 27.4. The number of hydrogen-bond acceptors (Lipinski definition) is 6. The third-order valence-corrected chi connectivity index (χ3v) is 5.51. The summed E-state index contributed by atoms with van der Waals surface area (Å²) in [6.07, 6.45) is -2.31. The predicted octanol–water partition coefficient (Wildman–Crippen LogP) is 4.28. The third kappa shape index (κ3) is 5.96. The molecule has 2 amide bonds. The number of ether oxygens (including phenoxy) is 1. The molecule has 0 unspecified atom stereocenters. The number of imide groups is 1. The van der Waals surface area contributed by atoms with Gasteiger partial charge in [0.15, 0.2) is 0 Å². The number of aryl methyl sites for hydroxylation is 1. The van der Waals surface area contributed by atoms with Crippen LogP contribution < -0.4 is 4.90 Å². The summed E-state index contributed by atoms with van der Waals surface area (Å²) in [6.45, 7) is 3.14. The molecule has 3 aromatic rings. The van der Waals surface area contributed by atoms with Crippen LogP contribution in [0.3, 0.4) is 0 Å². The van der Waals surface area contributed by atoms with Gasteiger partial charge in [-0.15, -0.1) is 0 Å². The quantitative estimate of drug-likeness (QED) is 0.105. The normalized spacial score (nSPS) is 11.9. The highest BCUT2D eigenvalue weighted by atomic mass is 19.4. The summed E-state index contributed by atoms with van der Waals surface area (Å²) in [5, 5.41) is 0. The number of aromatic nitrogens is 2. The molecule has 196 valence electrons. The average Bonchev–Trinajstić information content (AvgIpc) is 3.27. The van der Waals surface area contributed by atoms with Gasteiger partial charge in [0.2, 0.25) is 6.41 Å². The maximum Gasteiger partial charge on any atom is 0.419 e. The summed E-state index contributed by atoms with van der Waals surface area (Å²) in [6, 6.07) is 7.83. The summed E-state index contributed by atoms with van der Waals surface area (Å²) >= 11 is 0. The lowest BCUT2D eigenvalue weighted by Crippen LogP contribution is -2.35. The molecule has 8 nitrogen and oxygen atoms in total. The van der Waals surface area contributed by atoms with Crippen LogP contribution in [0.15, 0.2) is 54.5 Å². The summed E-state index contributed by atoms with van der Waals surface area (Å²) < 4.78 is 61.1. The van der Waals surface area contributed by atoms with Crippen LogP contribution in [0.1, 0.15) is 25.0 Å². The van der Waals surface area contributed by atoms with E-state index in [4.69, 9.17) is 4.74 Å². The van der Waals surface area contributed by atoms with Crippen LogP contribution in [0.4, 0.5) is 23.2 Å². The number of esters is 1. The molecule has 3 rings (SSSR count). The number of benzene rings is 2. The van der Waals surface area contributed by atoms with Crippen LogP contribution in [0.25, 0.3) is 11.0 Å². The minimum Gasteiger partial charge on any atom is -0.462 e. The molecule has 1 heterocycles. The highest BCUT2D eigenvalue weighted by Crippen LogP contribution is 2.34. The number of nitrogens with zero attached hydrogens (tertiary/aromatic N) is 4. The highest BCUT2D eigenvalue weighted by Gasteiger charge is 2.37. The largest absolute Gasteiger partial charge is 0.462 e. The van der Waals surface area contributed by atoms with Crippen molar-refractivity contribution in [2.45, 2.75) is 33.1 Å². The summed E-state index contributed by atoms with van der Waals surface area (Å²) in [5.74, 6) is -3.85. The van der Waals surface area contributed by atoms with Crippen molar-refractivity contribution in [3.63, 3.8) is 0 Å². The summed E-state index contributed by atoms with van der Waals surface area (Å²) in [5.41, 5.74) is -0.808. The van der Waals surface area contributed by atoms with Gasteiger partial charge >= 0.3 is 12.1 Å². The van der Waals surface area contributed by atoms with Crippen LogP contribution >= 0.6 is 0 Å². The van der Waals surface area contributed by atoms with Gasteiger partial charge in [0, 0.05) is 25.5 Å². The van der Waals surface area contributed by atoms with Crippen molar-refractivity contribution >= 4 is 35.0 Å². The van der Waals surface area contributed by atoms with Gasteiger partial charge in [0.1, 0.15) is 11.4 Å². The minimum atomic E-state index is -5.07. The van der Waals surface area contributed by atoms with E-state index < -0.39 is 47.1 Å². The van der Waals surface area contributed by atoms with Crippen molar-refractivity contribution in [3.8, 4) is 0 Å². The zero-order valence-electron chi connectivity index (χ0n) is 20.3. The fraction of sp³-hybridized carbons (Fsp3) is 0.280. The van der Waals surface area contributed by atoms with Crippen LogP contribution in [-0.2, 0) is 38.4 Å². The molecule has 0 N–H and O–H groups in total. The Morgan fingerprint density at radius 2 is 1.89 bits per heavy atom. The van der Waals surface area contributed by atoms with E-state index in [1.54, 1.807) is 24.5 Å². The van der Waals surface area contributed by atoms with Gasteiger partial charge in [0.05, 0.1) is 36.1 Å². The van der Waals surface area contributed by atoms with Gasteiger partial charge in [-0.05, 0) is 43.7 Å². The van der Waals surface area contributed by atoms with E-state index in [0.717, 1.165) is 23.8 Å². The Morgan fingerprint density at radius 3 is 2.51 bits per heavy atom. The Kier molecular flexibility index (Phi) is 8.31. The van der Waals surface area contributed by atoms with E-state index in [2.05, 4.69) is 4.98 Å². The van der Waals surface area contributed by atoms with Crippen LogP contribution in [-0.4, -0.2) is 46.4 Å². The second-order valence-corrected chi connectivity index (χ2v) is 7.89. The molecule has 0 fully saturated rings. The lowest BCUT2D eigenvalue weighted by atomic mass is 10.1. The van der Waals surface area contributed by atoms with Gasteiger partial charge in [-0.2, -0.15) is 13.2 Å². The number of carbonyl (C=O) groups excluding carboxylic acids is 3. The zero-order chi connectivity index (χ0) is 27.3. The number of imidazole rings is 1. The van der Waals surface area contributed by atoms with E-state index in [9.17, 15) is 31.9 Å². The first-order valence-electron chi connectivity index (χ1n) is 11.2. The maximum absolute atomic E-state index is 14.0. The number of carbonyl (C=O) groups is 3.